The van der Waals surface area contributed by atoms with Gasteiger partial charge in [0.25, 0.3) is 0 Å². The van der Waals surface area contributed by atoms with Gasteiger partial charge in [-0.3, -0.25) is 4.79 Å². The first-order valence-corrected chi connectivity index (χ1v) is 9.01. The first-order chi connectivity index (χ1) is 10.9. The van der Waals surface area contributed by atoms with Crippen LogP contribution in [0, 0.1) is 5.92 Å². The Morgan fingerprint density at radius 1 is 1.42 bits per heavy atom. The van der Waals surface area contributed by atoms with E-state index in [1.807, 2.05) is 6.92 Å². The van der Waals surface area contributed by atoms with Crippen LogP contribution in [0.2, 0.25) is 0 Å². The van der Waals surface area contributed by atoms with Gasteiger partial charge in [0.05, 0.1) is 23.1 Å². The predicted octanol–water partition coefficient (Wildman–Crippen LogP) is 1.31. The summed E-state index contributed by atoms with van der Waals surface area (Å²) in [5.74, 6) is 0.221. The van der Waals surface area contributed by atoms with Crippen LogP contribution >= 0.6 is 12.4 Å². The van der Waals surface area contributed by atoms with E-state index in [-0.39, 0.29) is 29.1 Å². The Balaban J connectivity index is 0.00000288. The first kappa shape index (κ1) is 20.7. The van der Waals surface area contributed by atoms with Crippen LogP contribution in [-0.2, 0) is 14.8 Å². The molecule has 7 nitrogen and oxygen atoms in total. The van der Waals surface area contributed by atoms with Gasteiger partial charge < -0.3 is 15.4 Å². The van der Waals surface area contributed by atoms with Crippen LogP contribution < -0.4 is 15.4 Å². The highest BCUT2D eigenvalue weighted by Gasteiger charge is 2.25. The van der Waals surface area contributed by atoms with Gasteiger partial charge in [0.2, 0.25) is 15.9 Å². The van der Waals surface area contributed by atoms with Crippen LogP contribution in [0.5, 0.6) is 5.75 Å². The van der Waals surface area contributed by atoms with Crippen molar-refractivity contribution < 1.29 is 17.9 Å². The maximum atomic E-state index is 12.3. The van der Waals surface area contributed by atoms with Crippen LogP contribution in [0.25, 0.3) is 0 Å². The van der Waals surface area contributed by atoms with Gasteiger partial charge >= 0.3 is 0 Å². The van der Waals surface area contributed by atoms with Crippen molar-refractivity contribution >= 4 is 34.0 Å². The fourth-order valence-electron chi connectivity index (χ4n) is 2.37. The summed E-state index contributed by atoms with van der Waals surface area (Å²) >= 11 is 0. The predicted molar refractivity (Wildman–Crippen MR) is 95.3 cm³/mol. The zero-order chi connectivity index (χ0) is 17.0. The second-order valence-electron chi connectivity index (χ2n) is 5.56. The Hall–Kier alpha value is -1.35. The summed E-state index contributed by atoms with van der Waals surface area (Å²) in [6, 6.07) is 4.50. The zero-order valence-corrected chi connectivity index (χ0v) is 15.7. The lowest BCUT2D eigenvalue weighted by atomic mass is 10.1. The molecule has 1 fully saturated rings. The normalized spacial score (nSPS) is 17.4. The molecule has 0 aromatic heterocycles. The molecular formula is C15H24ClN3O4S. The average molecular weight is 378 g/mol. The minimum Gasteiger partial charge on any atom is -0.492 e. The molecule has 0 radical (unpaired) electrons. The minimum absolute atomic E-state index is 0. The molecule has 0 aliphatic carbocycles. The molecule has 0 spiro atoms. The van der Waals surface area contributed by atoms with Crippen molar-refractivity contribution in [3.8, 4) is 5.75 Å². The monoisotopic (exact) mass is 377 g/mol. The molecular weight excluding hydrogens is 354 g/mol. The molecule has 1 amide bonds. The third-order valence-corrected chi connectivity index (χ3v) is 5.53. The molecule has 2 N–H and O–H groups in total. The Kier molecular flexibility index (Phi) is 7.47. The Labute approximate surface area is 149 Å². The number of carbonyl (C=O) groups excluding carboxylic acids is 1. The van der Waals surface area contributed by atoms with Crippen LogP contribution in [0.4, 0.5) is 5.69 Å². The molecule has 2 rings (SSSR count). The van der Waals surface area contributed by atoms with E-state index < -0.39 is 10.0 Å². The van der Waals surface area contributed by atoms with Crippen molar-refractivity contribution in [1.29, 1.82) is 0 Å². The highest BCUT2D eigenvalue weighted by molar-refractivity contribution is 7.89. The van der Waals surface area contributed by atoms with Crippen molar-refractivity contribution in [1.82, 2.24) is 9.62 Å². The summed E-state index contributed by atoms with van der Waals surface area (Å²) in [6.45, 7) is 3.70. The molecule has 1 aliphatic rings. The van der Waals surface area contributed by atoms with E-state index in [0.717, 1.165) is 17.3 Å². The standard InChI is InChI=1S/C15H23N3O4S.ClH/c1-4-22-14-6-5-12(23(20,21)18(2)3)9-13(14)17-15(19)11-7-8-16-10-11;/h5-6,9,11,16H,4,7-8,10H2,1-3H3,(H,17,19);1H. The zero-order valence-electron chi connectivity index (χ0n) is 14.0. The SMILES string of the molecule is CCOc1ccc(S(=O)(=O)N(C)C)cc1NC(=O)C1CCNC1.Cl. The van der Waals surface area contributed by atoms with E-state index in [0.29, 0.717) is 24.6 Å². The summed E-state index contributed by atoms with van der Waals surface area (Å²) in [7, 11) is -0.639. The maximum Gasteiger partial charge on any atom is 0.242 e. The van der Waals surface area contributed by atoms with Gasteiger partial charge in [-0.05, 0) is 38.1 Å². The number of nitrogens with zero attached hydrogens (tertiary/aromatic N) is 1. The van der Waals surface area contributed by atoms with Crippen LogP contribution in [0.3, 0.4) is 0 Å². The number of sulfonamides is 1. The number of hydrogen-bond acceptors (Lipinski definition) is 5. The van der Waals surface area contributed by atoms with Crippen molar-refractivity contribution in [3.05, 3.63) is 18.2 Å². The number of ether oxygens (including phenoxy) is 1. The van der Waals surface area contributed by atoms with Crippen molar-refractivity contribution in [3.63, 3.8) is 0 Å². The van der Waals surface area contributed by atoms with Gasteiger partial charge in [-0.25, -0.2) is 12.7 Å². The Morgan fingerprint density at radius 2 is 2.12 bits per heavy atom. The molecule has 1 saturated heterocycles. The van der Waals surface area contributed by atoms with Gasteiger partial charge in [-0.1, -0.05) is 0 Å². The lowest BCUT2D eigenvalue weighted by Crippen LogP contribution is -2.25. The molecule has 0 bridgehead atoms. The lowest BCUT2D eigenvalue weighted by molar-refractivity contribution is -0.119. The van der Waals surface area contributed by atoms with Crippen molar-refractivity contribution in [2.24, 2.45) is 5.92 Å². The molecule has 1 unspecified atom stereocenters. The summed E-state index contributed by atoms with van der Waals surface area (Å²) in [5, 5.41) is 5.94. The Morgan fingerprint density at radius 3 is 2.67 bits per heavy atom. The van der Waals surface area contributed by atoms with Crippen LogP contribution in [0.1, 0.15) is 13.3 Å². The lowest BCUT2D eigenvalue weighted by Gasteiger charge is -2.17. The molecule has 136 valence electrons. The molecule has 1 aliphatic heterocycles. The largest absolute Gasteiger partial charge is 0.492 e. The topological polar surface area (TPSA) is 87.7 Å². The third-order valence-electron chi connectivity index (χ3n) is 3.72. The maximum absolute atomic E-state index is 12.3. The van der Waals surface area contributed by atoms with E-state index in [1.54, 1.807) is 6.07 Å². The quantitative estimate of drug-likeness (QED) is 0.780. The summed E-state index contributed by atoms with van der Waals surface area (Å²) in [5.41, 5.74) is 0.381. The van der Waals surface area contributed by atoms with Crippen molar-refractivity contribution in [2.75, 3.05) is 39.1 Å². The number of anilines is 1. The molecule has 1 aromatic carbocycles. The molecule has 1 aromatic rings. The van der Waals surface area contributed by atoms with Crippen LogP contribution in [0.15, 0.2) is 23.1 Å². The van der Waals surface area contributed by atoms with E-state index in [9.17, 15) is 13.2 Å². The van der Waals surface area contributed by atoms with E-state index in [2.05, 4.69) is 10.6 Å². The fraction of sp³-hybridized carbons (Fsp3) is 0.533. The molecule has 1 heterocycles. The van der Waals surface area contributed by atoms with Gasteiger partial charge in [-0.15, -0.1) is 12.4 Å². The number of rotatable bonds is 6. The van der Waals surface area contributed by atoms with Gasteiger partial charge in [-0.2, -0.15) is 0 Å². The van der Waals surface area contributed by atoms with Gasteiger partial charge in [0.15, 0.2) is 0 Å². The smallest absolute Gasteiger partial charge is 0.242 e. The molecule has 1 atom stereocenters. The highest BCUT2D eigenvalue weighted by Crippen LogP contribution is 2.29. The van der Waals surface area contributed by atoms with Gasteiger partial charge in [0.1, 0.15) is 5.75 Å². The fourth-order valence-corrected chi connectivity index (χ4v) is 3.30. The number of hydrogen-bond donors (Lipinski definition) is 2. The molecule has 0 saturated carbocycles. The average Bonchev–Trinajstić information content (AvgIpc) is 3.03. The van der Waals surface area contributed by atoms with Crippen LogP contribution in [-0.4, -0.2) is 52.4 Å². The van der Waals surface area contributed by atoms with E-state index >= 15 is 0 Å². The number of benzene rings is 1. The highest BCUT2D eigenvalue weighted by atomic mass is 35.5. The second-order valence-corrected chi connectivity index (χ2v) is 7.71. The molecule has 24 heavy (non-hydrogen) atoms. The van der Waals surface area contributed by atoms with E-state index in [4.69, 9.17) is 4.74 Å². The number of halogens is 1. The van der Waals surface area contributed by atoms with E-state index in [1.165, 1.54) is 26.2 Å². The summed E-state index contributed by atoms with van der Waals surface area (Å²) in [6.07, 6.45) is 0.769. The van der Waals surface area contributed by atoms with Gasteiger partial charge in [0, 0.05) is 20.6 Å². The third kappa shape index (κ3) is 4.60. The minimum atomic E-state index is -3.57. The number of carbonyl (C=O) groups is 1. The number of amides is 1. The molecule has 9 heteroatoms. The van der Waals surface area contributed by atoms with Crippen molar-refractivity contribution in [2.45, 2.75) is 18.2 Å². The summed E-state index contributed by atoms with van der Waals surface area (Å²) < 4.78 is 31.1. The number of nitrogens with one attached hydrogen (secondary N) is 2. The Bertz CT molecular complexity index is 673. The summed E-state index contributed by atoms with van der Waals surface area (Å²) in [4.78, 5) is 12.4. The first-order valence-electron chi connectivity index (χ1n) is 7.57. The second kappa shape index (κ2) is 8.66.